The van der Waals surface area contributed by atoms with Crippen LogP contribution in [-0.2, 0) is 4.79 Å². The van der Waals surface area contributed by atoms with Gasteiger partial charge in [0.2, 0.25) is 0 Å². The van der Waals surface area contributed by atoms with Crippen LogP contribution in [0.3, 0.4) is 0 Å². The van der Waals surface area contributed by atoms with E-state index in [1.165, 1.54) is 4.90 Å². The summed E-state index contributed by atoms with van der Waals surface area (Å²) in [5.74, 6) is -0.300. The van der Waals surface area contributed by atoms with Crippen LogP contribution < -0.4 is 5.32 Å². The van der Waals surface area contributed by atoms with Gasteiger partial charge in [-0.25, -0.2) is 9.59 Å². The summed E-state index contributed by atoms with van der Waals surface area (Å²) in [4.78, 5) is 25.8. The molecule has 2 atom stereocenters. The molecule has 5 nitrogen and oxygen atoms in total. The van der Waals surface area contributed by atoms with Crippen molar-refractivity contribution in [2.24, 2.45) is 0 Å². The van der Waals surface area contributed by atoms with Gasteiger partial charge in [0.05, 0.1) is 6.04 Å². The highest BCUT2D eigenvalue weighted by molar-refractivity contribution is 7.98. The Hall–Kier alpha value is -1.21. The molecule has 0 aliphatic heterocycles. The van der Waals surface area contributed by atoms with Crippen LogP contribution in [0.1, 0.15) is 24.3 Å². The summed E-state index contributed by atoms with van der Waals surface area (Å²) in [5.41, 5.74) is 0. The SMILES string of the molecule is CSCC[C@H](NC(=O)N(C)C(C)c1cccs1)C(=O)O. The van der Waals surface area contributed by atoms with Gasteiger partial charge >= 0.3 is 12.0 Å². The lowest BCUT2D eigenvalue weighted by atomic mass is 10.2. The summed E-state index contributed by atoms with van der Waals surface area (Å²) in [6.07, 6.45) is 2.33. The number of hydrogen-bond donors (Lipinski definition) is 2. The van der Waals surface area contributed by atoms with Crippen molar-refractivity contribution in [3.05, 3.63) is 22.4 Å². The van der Waals surface area contributed by atoms with E-state index in [1.807, 2.05) is 30.7 Å². The lowest BCUT2D eigenvalue weighted by Crippen LogP contribution is -2.47. The van der Waals surface area contributed by atoms with Gasteiger partial charge in [0.15, 0.2) is 0 Å². The van der Waals surface area contributed by atoms with Crippen molar-refractivity contribution in [3.8, 4) is 0 Å². The van der Waals surface area contributed by atoms with Gasteiger partial charge in [-0.2, -0.15) is 11.8 Å². The molecule has 0 fully saturated rings. The minimum Gasteiger partial charge on any atom is -0.480 e. The monoisotopic (exact) mass is 316 g/mol. The normalized spacial score (nSPS) is 13.6. The average molecular weight is 316 g/mol. The number of carboxylic acids is 1. The van der Waals surface area contributed by atoms with Gasteiger partial charge in [-0.3, -0.25) is 0 Å². The van der Waals surface area contributed by atoms with Crippen LogP contribution in [0.5, 0.6) is 0 Å². The second-order valence-corrected chi connectivity index (χ2v) is 6.39. The van der Waals surface area contributed by atoms with Crippen molar-refractivity contribution < 1.29 is 14.7 Å². The van der Waals surface area contributed by atoms with Crippen molar-refractivity contribution in [2.75, 3.05) is 19.1 Å². The summed E-state index contributed by atoms with van der Waals surface area (Å²) >= 11 is 3.14. The zero-order valence-corrected chi connectivity index (χ0v) is 13.5. The van der Waals surface area contributed by atoms with E-state index >= 15 is 0 Å². The van der Waals surface area contributed by atoms with Crippen LogP contribution in [0, 0.1) is 0 Å². The number of rotatable bonds is 7. The highest BCUT2D eigenvalue weighted by Gasteiger charge is 2.24. The molecule has 20 heavy (non-hydrogen) atoms. The Balaban J connectivity index is 2.61. The van der Waals surface area contributed by atoms with Gasteiger partial charge in [0.25, 0.3) is 0 Å². The smallest absolute Gasteiger partial charge is 0.326 e. The molecule has 0 saturated carbocycles. The van der Waals surface area contributed by atoms with Crippen molar-refractivity contribution in [2.45, 2.75) is 25.4 Å². The standard InChI is InChI=1S/C13H20N2O3S2/c1-9(11-5-4-7-20-11)15(2)13(18)14-10(12(16)17)6-8-19-3/h4-5,7,9-10H,6,8H2,1-3H3,(H,14,18)(H,16,17)/t9?,10-/m0/s1. The van der Waals surface area contributed by atoms with Gasteiger partial charge in [-0.05, 0) is 36.8 Å². The summed E-state index contributed by atoms with van der Waals surface area (Å²) in [7, 11) is 1.67. The maximum atomic E-state index is 12.1. The topological polar surface area (TPSA) is 69.6 Å². The molecule has 7 heteroatoms. The van der Waals surface area contributed by atoms with E-state index in [4.69, 9.17) is 5.11 Å². The maximum Gasteiger partial charge on any atom is 0.326 e. The Labute approximate surface area is 127 Å². The van der Waals surface area contributed by atoms with Gasteiger partial charge in [0.1, 0.15) is 6.04 Å². The number of thiophene rings is 1. The number of thioether (sulfide) groups is 1. The Morgan fingerprint density at radius 3 is 2.75 bits per heavy atom. The third-order valence-corrected chi connectivity index (χ3v) is 4.75. The number of urea groups is 1. The Morgan fingerprint density at radius 1 is 1.55 bits per heavy atom. The highest BCUT2D eigenvalue weighted by Crippen LogP contribution is 2.23. The molecule has 0 aliphatic rings. The number of aliphatic carboxylic acids is 1. The lowest BCUT2D eigenvalue weighted by Gasteiger charge is -2.26. The van der Waals surface area contributed by atoms with Crippen LogP contribution in [0.15, 0.2) is 17.5 Å². The molecule has 1 aromatic heterocycles. The minimum atomic E-state index is -0.996. The Bertz CT molecular complexity index is 437. The second-order valence-electron chi connectivity index (χ2n) is 4.42. The molecular weight excluding hydrogens is 296 g/mol. The summed E-state index contributed by atoms with van der Waals surface area (Å²) in [6.45, 7) is 1.92. The van der Waals surface area contributed by atoms with E-state index in [9.17, 15) is 9.59 Å². The zero-order chi connectivity index (χ0) is 15.1. The van der Waals surface area contributed by atoms with E-state index in [-0.39, 0.29) is 12.1 Å². The molecule has 0 saturated heterocycles. The minimum absolute atomic E-state index is 0.0787. The van der Waals surface area contributed by atoms with Gasteiger partial charge in [0, 0.05) is 11.9 Å². The first kappa shape index (κ1) is 16.8. The molecule has 1 heterocycles. The van der Waals surface area contributed by atoms with Crippen LogP contribution in [0.4, 0.5) is 4.79 Å². The fourth-order valence-corrected chi connectivity index (χ4v) is 2.94. The van der Waals surface area contributed by atoms with Crippen molar-refractivity contribution in [1.82, 2.24) is 10.2 Å². The maximum absolute atomic E-state index is 12.1. The van der Waals surface area contributed by atoms with E-state index in [0.29, 0.717) is 12.2 Å². The van der Waals surface area contributed by atoms with Crippen LogP contribution >= 0.6 is 23.1 Å². The third kappa shape index (κ3) is 4.72. The molecule has 1 unspecified atom stereocenters. The van der Waals surface area contributed by atoms with Crippen molar-refractivity contribution in [1.29, 1.82) is 0 Å². The number of carboxylic acid groups (broad SMARTS) is 1. The quantitative estimate of drug-likeness (QED) is 0.811. The number of amides is 2. The van der Waals surface area contributed by atoms with E-state index < -0.39 is 12.0 Å². The number of hydrogen-bond acceptors (Lipinski definition) is 4. The van der Waals surface area contributed by atoms with E-state index in [2.05, 4.69) is 5.32 Å². The number of carbonyl (C=O) groups is 2. The highest BCUT2D eigenvalue weighted by atomic mass is 32.2. The second kappa shape index (κ2) is 8.16. The lowest BCUT2D eigenvalue weighted by molar-refractivity contribution is -0.139. The van der Waals surface area contributed by atoms with Crippen molar-refractivity contribution >= 4 is 35.1 Å². The first-order chi connectivity index (χ1) is 9.47. The van der Waals surface area contributed by atoms with Crippen LogP contribution in [0.25, 0.3) is 0 Å². The first-order valence-electron chi connectivity index (χ1n) is 6.25. The zero-order valence-electron chi connectivity index (χ0n) is 11.8. The molecule has 0 aliphatic carbocycles. The molecule has 0 aromatic carbocycles. The van der Waals surface area contributed by atoms with E-state index in [0.717, 1.165) is 4.88 Å². The van der Waals surface area contributed by atoms with Crippen molar-refractivity contribution in [3.63, 3.8) is 0 Å². The molecule has 112 valence electrons. The molecule has 2 amide bonds. The molecule has 1 rings (SSSR count). The third-order valence-electron chi connectivity index (χ3n) is 3.06. The summed E-state index contributed by atoms with van der Waals surface area (Å²) < 4.78 is 0. The van der Waals surface area contributed by atoms with Crippen LogP contribution in [0.2, 0.25) is 0 Å². The molecule has 0 radical (unpaired) electrons. The average Bonchev–Trinajstić information content (AvgIpc) is 2.95. The molecular formula is C13H20N2O3S2. The van der Waals surface area contributed by atoms with Gasteiger partial charge in [-0.1, -0.05) is 6.07 Å². The number of carbonyl (C=O) groups excluding carboxylic acids is 1. The summed E-state index contributed by atoms with van der Waals surface area (Å²) in [5, 5.41) is 13.6. The predicted octanol–water partition coefficient (Wildman–Crippen LogP) is 2.66. The largest absolute Gasteiger partial charge is 0.480 e. The van der Waals surface area contributed by atoms with Crippen LogP contribution in [-0.4, -0.2) is 47.1 Å². The molecule has 0 spiro atoms. The van der Waals surface area contributed by atoms with Gasteiger partial charge in [-0.15, -0.1) is 11.3 Å². The fraction of sp³-hybridized carbons (Fsp3) is 0.538. The first-order valence-corrected chi connectivity index (χ1v) is 8.53. The van der Waals surface area contributed by atoms with E-state index in [1.54, 1.807) is 30.1 Å². The number of nitrogens with one attached hydrogen (secondary N) is 1. The predicted molar refractivity (Wildman–Crippen MR) is 83.5 cm³/mol. The molecule has 1 aromatic rings. The Morgan fingerprint density at radius 2 is 2.25 bits per heavy atom. The summed E-state index contributed by atoms with van der Waals surface area (Å²) in [6, 6.07) is 2.61. The fourth-order valence-electron chi connectivity index (χ4n) is 1.64. The number of nitrogens with zero attached hydrogens (tertiary/aromatic N) is 1. The van der Waals surface area contributed by atoms with Gasteiger partial charge < -0.3 is 15.3 Å². The molecule has 2 N–H and O–H groups in total. The molecule has 0 bridgehead atoms. The Kier molecular flexibility index (Phi) is 6.87.